The molecule has 1 aliphatic rings. The van der Waals surface area contributed by atoms with Crippen molar-refractivity contribution in [2.45, 2.75) is 19.5 Å². The number of nitrogens with zero attached hydrogens (tertiary/aromatic N) is 2. The predicted octanol–water partition coefficient (Wildman–Crippen LogP) is 1.47. The van der Waals surface area contributed by atoms with E-state index in [1.165, 1.54) is 0 Å². The van der Waals surface area contributed by atoms with Crippen molar-refractivity contribution in [3.63, 3.8) is 0 Å². The molecule has 1 N–H and O–H groups in total. The van der Waals surface area contributed by atoms with Gasteiger partial charge < -0.3 is 19.4 Å². The molecular formula is C15H17N3O3. The first-order valence-corrected chi connectivity index (χ1v) is 6.88. The van der Waals surface area contributed by atoms with Crippen LogP contribution in [-0.4, -0.2) is 34.7 Å². The second-order valence-electron chi connectivity index (χ2n) is 4.99. The number of imidazole rings is 1. The van der Waals surface area contributed by atoms with Gasteiger partial charge in [0.05, 0.1) is 6.33 Å². The van der Waals surface area contributed by atoms with Gasteiger partial charge in [0.2, 0.25) is 0 Å². The molecule has 1 amide bonds. The number of fused-ring (bicyclic) bond motifs is 1. The summed E-state index contributed by atoms with van der Waals surface area (Å²) in [6, 6.07) is 5.23. The standard InChI is InChI=1S/C15H17N3O3/c1-11(9-18-5-4-16-10-18)17-15(19)12-2-3-13-14(8-12)21-7-6-20-13/h2-5,8,10-11H,6-7,9H2,1H3,(H,17,19). The zero-order valence-electron chi connectivity index (χ0n) is 11.8. The number of aromatic nitrogens is 2. The number of hydrogen-bond donors (Lipinski definition) is 1. The van der Waals surface area contributed by atoms with Crippen molar-refractivity contribution < 1.29 is 14.3 Å². The molecule has 0 aliphatic carbocycles. The fourth-order valence-corrected chi connectivity index (χ4v) is 2.25. The first-order chi connectivity index (χ1) is 10.2. The number of ether oxygens (including phenoxy) is 2. The Morgan fingerprint density at radius 1 is 1.38 bits per heavy atom. The summed E-state index contributed by atoms with van der Waals surface area (Å²) in [7, 11) is 0. The van der Waals surface area contributed by atoms with E-state index >= 15 is 0 Å². The van der Waals surface area contributed by atoms with E-state index in [9.17, 15) is 4.79 Å². The topological polar surface area (TPSA) is 65.4 Å². The Labute approximate surface area is 122 Å². The van der Waals surface area contributed by atoms with Crippen LogP contribution in [0.3, 0.4) is 0 Å². The predicted molar refractivity (Wildman–Crippen MR) is 76.6 cm³/mol. The number of benzene rings is 1. The van der Waals surface area contributed by atoms with Crippen molar-refractivity contribution in [2.24, 2.45) is 0 Å². The minimum absolute atomic E-state index is 0.0000919. The van der Waals surface area contributed by atoms with Gasteiger partial charge in [0.1, 0.15) is 13.2 Å². The van der Waals surface area contributed by atoms with Gasteiger partial charge in [0, 0.05) is 30.5 Å². The summed E-state index contributed by atoms with van der Waals surface area (Å²) in [6.45, 7) is 3.68. The van der Waals surface area contributed by atoms with Crippen LogP contribution in [-0.2, 0) is 6.54 Å². The normalized spacial score (nSPS) is 14.5. The van der Waals surface area contributed by atoms with Gasteiger partial charge in [-0.3, -0.25) is 4.79 Å². The van der Waals surface area contributed by atoms with Crippen LogP contribution in [0.5, 0.6) is 11.5 Å². The molecule has 21 heavy (non-hydrogen) atoms. The van der Waals surface area contributed by atoms with Crippen LogP contribution in [0, 0.1) is 0 Å². The lowest BCUT2D eigenvalue weighted by molar-refractivity contribution is 0.0935. The molecule has 0 bridgehead atoms. The summed E-state index contributed by atoms with van der Waals surface area (Å²) in [6.07, 6.45) is 5.31. The molecule has 1 atom stereocenters. The number of carbonyl (C=O) groups excluding carboxylic acids is 1. The lowest BCUT2D eigenvalue weighted by atomic mass is 10.1. The molecule has 0 saturated carbocycles. The average Bonchev–Trinajstić information content (AvgIpc) is 2.99. The van der Waals surface area contributed by atoms with Gasteiger partial charge in [-0.05, 0) is 25.1 Å². The molecule has 0 radical (unpaired) electrons. The molecule has 0 spiro atoms. The van der Waals surface area contributed by atoms with Crippen molar-refractivity contribution in [2.75, 3.05) is 13.2 Å². The van der Waals surface area contributed by atoms with Gasteiger partial charge in [0.15, 0.2) is 11.5 Å². The summed E-state index contributed by atoms with van der Waals surface area (Å²) in [5.74, 6) is 1.18. The largest absolute Gasteiger partial charge is 0.486 e. The Balaban J connectivity index is 1.64. The van der Waals surface area contributed by atoms with Gasteiger partial charge in [0.25, 0.3) is 5.91 Å². The maximum Gasteiger partial charge on any atom is 0.251 e. The summed E-state index contributed by atoms with van der Waals surface area (Å²) >= 11 is 0. The van der Waals surface area contributed by atoms with Crippen molar-refractivity contribution >= 4 is 5.91 Å². The summed E-state index contributed by atoms with van der Waals surface area (Å²) < 4.78 is 12.9. The van der Waals surface area contributed by atoms with Crippen LogP contribution in [0.1, 0.15) is 17.3 Å². The van der Waals surface area contributed by atoms with Gasteiger partial charge in [-0.25, -0.2) is 4.98 Å². The zero-order valence-corrected chi connectivity index (χ0v) is 11.8. The summed E-state index contributed by atoms with van der Waals surface area (Å²) in [5.41, 5.74) is 0.566. The Bertz CT molecular complexity index is 625. The van der Waals surface area contributed by atoms with E-state index in [-0.39, 0.29) is 11.9 Å². The third-order valence-corrected chi connectivity index (χ3v) is 3.23. The zero-order chi connectivity index (χ0) is 14.7. The van der Waals surface area contributed by atoms with E-state index < -0.39 is 0 Å². The Hall–Kier alpha value is -2.50. The molecule has 2 aromatic rings. The third kappa shape index (κ3) is 3.16. The fraction of sp³-hybridized carbons (Fsp3) is 0.333. The Kier molecular flexibility index (Phi) is 3.77. The van der Waals surface area contributed by atoms with E-state index in [1.807, 2.05) is 17.7 Å². The molecule has 3 rings (SSSR count). The molecule has 110 valence electrons. The molecule has 6 heteroatoms. The summed E-state index contributed by atoms with van der Waals surface area (Å²) in [5, 5.41) is 2.96. The highest BCUT2D eigenvalue weighted by molar-refractivity contribution is 5.95. The van der Waals surface area contributed by atoms with E-state index in [1.54, 1.807) is 30.7 Å². The first kappa shape index (κ1) is 13.5. The second kappa shape index (κ2) is 5.87. The highest BCUT2D eigenvalue weighted by Gasteiger charge is 2.16. The number of hydrogen-bond acceptors (Lipinski definition) is 4. The minimum atomic E-state index is -0.125. The summed E-state index contributed by atoms with van der Waals surface area (Å²) in [4.78, 5) is 16.2. The highest BCUT2D eigenvalue weighted by atomic mass is 16.6. The van der Waals surface area contributed by atoms with Crippen molar-refractivity contribution in [1.82, 2.24) is 14.9 Å². The molecular weight excluding hydrogens is 270 g/mol. The number of nitrogens with one attached hydrogen (secondary N) is 1. The van der Waals surface area contributed by atoms with Gasteiger partial charge in [-0.15, -0.1) is 0 Å². The lowest BCUT2D eigenvalue weighted by Gasteiger charge is -2.19. The first-order valence-electron chi connectivity index (χ1n) is 6.88. The van der Waals surface area contributed by atoms with Crippen molar-refractivity contribution in [3.8, 4) is 11.5 Å². The molecule has 0 saturated heterocycles. The molecule has 1 aromatic carbocycles. The number of carbonyl (C=O) groups is 1. The average molecular weight is 287 g/mol. The second-order valence-corrected chi connectivity index (χ2v) is 4.99. The molecule has 1 aliphatic heterocycles. The van der Waals surface area contributed by atoms with Gasteiger partial charge >= 0.3 is 0 Å². The Morgan fingerprint density at radius 2 is 2.19 bits per heavy atom. The maximum atomic E-state index is 12.2. The SMILES string of the molecule is CC(Cn1ccnc1)NC(=O)c1ccc2c(c1)OCCO2. The molecule has 0 fully saturated rings. The monoisotopic (exact) mass is 287 g/mol. The van der Waals surface area contributed by atoms with Gasteiger partial charge in [-0.1, -0.05) is 0 Å². The van der Waals surface area contributed by atoms with E-state index in [4.69, 9.17) is 9.47 Å². The van der Waals surface area contributed by atoms with E-state index in [0.29, 0.717) is 36.8 Å². The van der Waals surface area contributed by atoms with Crippen LogP contribution in [0.25, 0.3) is 0 Å². The molecule has 2 heterocycles. The fourth-order valence-electron chi connectivity index (χ4n) is 2.25. The van der Waals surface area contributed by atoms with Gasteiger partial charge in [-0.2, -0.15) is 0 Å². The van der Waals surface area contributed by atoms with Crippen molar-refractivity contribution in [1.29, 1.82) is 0 Å². The third-order valence-electron chi connectivity index (χ3n) is 3.23. The van der Waals surface area contributed by atoms with E-state index in [0.717, 1.165) is 0 Å². The van der Waals surface area contributed by atoms with Crippen LogP contribution < -0.4 is 14.8 Å². The number of amides is 1. The van der Waals surface area contributed by atoms with Crippen LogP contribution in [0.2, 0.25) is 0 Å². The van der Waals surface area contributed by atoms with Crippen LogP contribution >= 0.6 is 0 Å². The molecule has 6 nitrogen and oxygen atoms in total. The number of rotatable bonds is 4. The highest BCUT2D eigenvalue weighted by Crippen LogP contribution is 2.30. The Morgan fingerprint density at radius 3 is 2.95 bits per heavy atom. The molecule has 1 aromatic heterocycles. The van der Waals surface area contributed by atoms with Crippen LogP contribution in [0.15, 0.2) is 36.9 Å². The quantitative estimate of drug-likeness (QED) is 0.925. The smallest absolute Gasteiger partial charge is 0.251 e. The lowest BCUT2D eigenvalue weighted by Crippen LogP contribution is -2.35. The van der Waals surface area contributed by atoms with Crippen molar-refractivity contribution in [3.05, 3.63) is 42.5 Å². The minimum Gasteiger partial charge on any atom is -0.486 e. The molecule has 1 unspecified atom stereocenters. The maximum absolute atomic E-state index is 12.2. The van der Waals surface area contributed by atoms with Crippen LogP contribution in [0.4, 0.5) is 0 Å². The van der Waals surface area contributed by atoms with E-state index in [2.05, 4.69) is 10.3 Å².